The zero-order chi connectivity index (χ0) is 26.7. The van der Waals surface area contributed by atoms with Gasteiger partial charge in [0.2, 0.25) is 12.1 Å². The van der Waals surface area contributed by atoms with Gasteiger partial charge in [0.15, 0.2) is 0 Å². The van der Waals surface area contributed by atoms with Crippen LogP contribution in [0.3, 0.4) is 0 Å². The van der Waals surface area contributed by atoms with E-state index in [1.807, 2.05) is 54.5 Å². The number of aromatic amines is 1. The van der Waals surface area contributed by atoms with Crippen molar-refractivity contribution in [2.45, 2.75) is 52.1 Å². The number of benzene rings is 2. The maximum atomic E-state index is 13.7. The highest BCUT2D eigenvalue weighted by Crippen LogP contribution is 2.40. The Morgan fingerprint density at radius 2 is 1.89 bits per heavy atom. The lowest BCUT2D eigenvalue weighted by Crippen LogP contribution is -2.36. The van der Waals surface area contributed by atoms with Crippen molar-refractivity contribution in [2.75, 3.05) is 13.2 Å². The molecule has 1 fully saturated rings. The molecule has 4 rings (SSSR count). The molecule has 37 heavy (non-hydrogen) atoms. The maximum absolute atomic E-state index is 13.7. The molecule has 2 aromatic carbocycles. The number of Topliss-reactive ketones (excluding diaryl/α,β-unsaturated/α-hetero) is 1. The summed E-state index contributed by atoms with van der Waals surface area (Å²) < 4.78 is 7.44. The predicted molar refractivity (Wildman–Crippen MR) is 140 cm³/mol. The molecule has 1 atom stereocenters. The van der Waals surface area contributed by atoms with Crippen LogP contribution in [0.2, 0.25) is 5.02 Å². The van der Waals surface area contributed by atoms with Gasteiger partial charge in [-0.25, -0.2) is 4.57 Å². The van der Waals surface area contributed by atoms with Crippen LogP contribution in [0.5, 0.6) is 5.75 Å². The van der Waals surface area contributed by atoms with E-state index in [0.29, 0.717) is 31.9 Å². The van der Waals surface area contributed by atoms with Gasteiger partial charge in [0.25, 0.3) is 5.91 Å². The third-order valence-electron chi connectivity index (χ3n) is 6.53. The van der Waals surface area contributed by atoms with Crippen molar-refractivity contribution in [1.82, 2.24) is 9.88 Å². The van der Waals surface area contributed by atoms with Crippen molar-refractivity contribution < 1.29 is 24.0 Å². The van der Waals surface area contributed by atoms with Crippen LogP contribution in [0.15, 0.2) is 66.8 Å². The minimum atomic E-state index is -0.775. The van der Waals surface area contributed by atoms with Gasteiger partial charge >= 0.3 is 0 Å². The zero-order valence-electron chi connectivity index (χ0n) is 21.6. The second-order valence-corrected chi connectivity index (χ2v) is 10.5. The molecule has 1 N–H and O–H groups in total. The minimum Gasteiger partial charge on any atom is -0.872 e. The monoisotopic (exact) mass is 521 g/mol. The van der Waals surface area contributed by atoms with Gasteiger partial charge in [-0.15, -0.1) is 0 Å². The van der Waals surface area contributed by atoms with E-state index in [-0.39, 0.29) is 21.6 Å². The van der Waals surface area contributed by atoms with Crippen molar-refractivity contribution in [3.05, 3.63) is 88.5 Å². The van der Waals surface area contributed by atoms with E-state index in [9.17, 15) is 14.7 Å². The standard InChI is InChI=1S/C29H32ClN3O4/c1-5-37-23-12-9-20(17-22(23)30)26(34)24-25(19-7-10-21(11-8-19)29(2,3)4)33(28(36)27(24)35)15-6-14-32-16-13-31-18-32/h7-13,16-18,25H,5-6,14-15H2,1-4H3,(H,34,35). The predicted octanol–water partition coefficient (Wildman–Crippen LogP) is 3.97. The molecule has 7 nitrogen and oxygen atoms in total. The Kier molecular flexibility index (Phi) is 7.73. The molecule has 0 aliphatic carbocycles. The number of amides is 1. The maximum Gasteiger partial charge on any atom is 0.295 e. The fraction of sp³-hybridized carbons (Fsp3) is 0.345. The number of carbonyl (C=O) groups excluding carboxylic acids is 2. The summed E-state index contributed by atoms with van der Waals surface area (Å²) in [7, 11) is 0. The van der Waals surface area contributed by atoms with Gasteiger partial charge in [-0.05, 0) is 41.2 Å². The summed E-state index contributed by atoms with van der Waals surface area (Å²) in [5, 5.41) is 14.0. The van der Waals surface area contributed by atoms with Crippen LogP contribution in [-0.4, -0.2) is 34.7 Å². The molecule has 1 saturated heterocycles. The average Bonchev–Trinajstić information content (AvgIpc) is 3.47. The van der Waals surface area contributed by atoms with Gasteiger partial charge in [0.05, 0.1) is 24.2 Å². The Balaban J connectivity index is 1.75. The number of nitrogens with one attached hydrogen (secondary N) is 1. The third-order valence-corrected chi connectivity index (χ3v) is 6.83. The van der Waals surface area contributed by atoms with Crippen LogP contribution in [0, 0.1) is 0 Å². The first-order valence-electron chi connectivity index (χ1n) is 12.4. The van der Waals surface area contributed by atoms with E-state index in [1.165, 1.54) is 11.0 Å². The normalized spacial score (nSPS) is 17.4. The molecule has 1 aliphatic heterocycles. The molecule has 0 bridgehead atoms. The molecule has 194 valence electrons. The highest BCUT2D eigenvalue weighted by Gasteiger charge is 2.44. The number of ketones is 1. The lowest BCUT2D eigenvalue weighted by Gasteiger charge is -2.28. The molecular formula is C29H32ClN3O4. The smallest absolute Gasteiger partial charge is 0.295 e. The molecule has 0 saturated carbocycles. The number of rotatable bonds is 8. The summed E-state index contributed by atoms with van der Waals surface area (Å²) in [6.07, 6.45) is 6.16. The number of H-pyrrole nitrogens is 1. The largest absolute Gasteiger partial charge is 0.872 e. The number of carbonyl (C=O) groups is 2. The number of aryl methyl sites for hydroxylation is 1. The molecule has 0 radical (unpaired) electrons. The minimum absolute atomic E-state index is 0.0527. The average molecular weight is 522 g/mol. The summed E-state index contributed by atoms with van der Waals surface area (Å²) in [6, 6.07) is 11.7. The Hall–Kier alpha value is -3.58. The first-order valence-corrected chi connectivity index (χ1v) is 12.8. The summed E-state index contributed by atoms with van der Waals surface area (Å²) >= 11 is 6.33. The Bertz CT molecular complexity index is 1310. The molecule has 1 amide bonds. The van der Waals surface area contributed by atoms with Crippen molar-refractivity contribution >= 4 is 29.1 Å². The fourth-order valence-electron chi connectivity index (χ4n) is 4.57. The molecule has 0 spiro atoms. The highest BCUT2D eigenvalue weighted by atomic mass is 35.5. The van der Waals surface area contributed by atoms with E-state index < -0.39 is 23.5 Å². The first kappa shape index (κ1) is 26.5. The Labute approximate surface area is 222 Å². The van der Waals surface area contributed by atoms with Crippen LogP contribution in [-0.2, 0) is 21.5 Å². The van der Waals surface area contributed by atoms with Crippen LogP contribution < -0.4 is 14.4 Å². The van der Waals surface area contributed by atoms with Crippen LogP contribution in [0.1, 0.15) is 56.8 Å². The number of imidazole rings is 1. The SMILES string of the molecule is CCOc1ccc(C([O-])=C2C(=O)C(=O)N(CCC[n+]3cc[nH]c3)C2c2ccc(C(C)(C)C)cc2)cc1Cl. The topological polar surface area (TPSA) is 89.3 Å². The lowest BCUT2D eigenvalue weighted by atomic mass is 9.85. The number of likely N-dealkylation sites (tertiary alicyclic amines) is 1. The van der Waals surface area contributed by atoms with Gasteiger partial charge in [-0.1, -0.05) is 68.5 Å². The van der Waals surface area contributed by atoms with E-state index in [4.69, 9.17) is 16.3 Å². The van der Waals surface area contributed by atoms with Gasteiger partial charge in [0, 0.05) is 18.5 Å². The molecule has 3 aromatic rings. The summed E-state index contributed by atoms with van der Waals surface area (Å²) in [5.41, 5.74) is 1.97. The van der Waals surface area contributed by atoms with Crippen LogP contribution in [0.25, 0.3) is 5.76 Å². The van der Waals surface area contributed by atoms with Crippen molar-refractivity contribution in [3.8, 4) is 5.75 Å². The Morgan fingerprint density at radius 1 is 1.16 bits per heavy atom. The number of aromatic nitrogens is 2. The molecule has 1 aromatic heterocycles. The molecule has 2 heterocycles. The Morgan fingerprint density at radius 3 is 2.49 bits per heavy atom. The van der Waals surface area contributed by atoms with Crippen molar-refractivity contribution in [1.29, 1.82) is 0 Å². The fourth-order valence-corrected chi connectivity index (χ4v) is 4.80. The van der Waals surface area contributed by atoms with Gasteiger partial charge in [-0.2, -0.15) is 0 Å². The van der Waals surface area contributed by atoms with E-state index in [2.05, 4.69) is 25.8 Å². The van der Waals surface area contributed by atoms with Gasteiger partial charge in [-0.3, -0.25) is 14.6 Å². The second-order valence-electron chi connectivity index (χ2n) is 10.1. The summed E-state index contributed by atoms with van der Waals surface area (Å²) in [5.74, 6) is -1.48. The van der Waals surface area contributed by atoms with E-state index in [0.717, 1.165) is 11.1 Å². The highest BCUT2D eigenvalue weighted by molar-refractivity contribution is 6.46. The third kappa shape index (κ3) is 5.57. The number of ether oxygens (including phenoxy) is 1. The van der Waals surface area contributed by atoms with Crippen LogP contribution >= 0.6 is 11.6 Å². The summed E-state index contributed by atoms with van der Waals surface area (Å²) in [4.78, 5) is 31.0. The number of hydrogen-bond donors (Lipinski definition) is 1. The first-order chi connectivity index (χ1) is 17.6. The zero-order valence-corrected chi connectivity index (χ0v) is 22.3. The van der Waals surface area contributed by atoms with Crippen molar-refractivity contribution in [2.24, 2.45) is 0 Å². The van der Waals surface area contributed by atoms with Gasteiger partial charge in [0.1, 0.15) is 18.1 Å². The molecule has 1 aliphatic rings. The van der Waals surface area contributed by atoms with E-state index in [1.54, 1.807) is 12.1 Å². The number of nitrogens with zero attached hydrogens (tertiary/aromatic N) is 2. The number of hydrogen-bond acceptors (Lipinski definition) is 4. The van der Waals surface area contributed by atoms with E-state index >= 15 is 0 Å². The van der Waals surface area contributed by atoms with Gasteiger partial charge < -0.3 is 14.7 Å². The quantitative estimate of drug-likeness (QED) is 0.210. The summed E-state index contributed by atoms with van der Waals surface area (Å²) in [6.45, 7) is 9.61. The molecular weight excluding hydrogens is 490 g/mol. The van der Waals surface area contributed by atoms with Crippen molar-refractivity contribution in [3.63, 3.8) is 0 Å². The van der Waals surface area contributed by atoms with Crippen LogP contribution in [0.4, 0.5) is 0 Å². The molecule has 8 heteroatoms. The lowest BCUT2D eigenvalue weighted by molar-refractivity contribution is -0.695. The second kappa shape index (κ2) is 10.8. The molecule has 1 unspecified atom stereocenters. The number of halogens is 1.